The Bertz CT molecular complexity index is 658. The van der Waals surface area contributed by atoms with Crippen LogP contribution in [-0.4, -0.2) is 28.1 Å². The summed E-state index contributed by atoms with van der Waals surface area (Å²) in [6, 6.07) is 9.72. The summed E-state index contributed by atoms with van der Waals surface area (Å²) in [6.07, 6.45) is 6.53. The number of amides is 2. The second-order valence-electron chi connectivity index (χ2n) is 5.74. The second-order valence-corrected chi connectivity index (χ2v) is 6.18. The van der Waals surface area contributed by atoms with Crippen LogP contribution >= 0.6 is 11.6 Å². The van der Waals surface area contributed by atoms with Gasteiger partial charge in [0.05, 0.1) is 17.4 Å². The number of benzene rings is 1. The van der Waals surface area contributed by atoms with Crippen molar-refractivity contribution in [2.75, 3.05) is 5.32 Å². The molecule has 24 heavy (non-hydrogen) atoms. The molecule has 1 aromatic heterocycles. The van der Waals surface area contributed by atoms with Crippen molar-refractivity contribution < 1.29 is 9.53 Å². The van der Waals surface area contributed by atoms with Gasteiger partial charge in [-0.15, -0.1) is 0 Å². The van der Waals surface area contributed by atoms with E-state index in [9.17, 15) is 4.79 Å². The van der Waals surface area contributed by atoms with Gasteiger partial charge in [0.1, 0.15) is 6.10 Å². The molecular weight excluding hydrogens is 328 g/mol. The number of carbonyl (C=O) groups excluding carboxylic acids is 1. The molecule has 2 aromatic rings. The molecule has 2 amide bonds. The maximum Gasteiger partial charge on any atom is 0.319 e. The smallest absolute Gasteiger partial charge is 0.319 e. The van der Waals surface area contributed by atoms with Gasteiger partial charge >= 0.3 is 12.0 Å². The first-order valence-corrected chi connectivity index (χ1v) is 8.33. The third-order valence-corrected chi connectivity index (χ3v) is 4.10. The summed E-state index contributed by atoms with van der Waals surface area (Å²) in [5, 5.41) is 6.32. The monoisotopic (exact) mass is 346 g/mol. The van der Waals surface area contributed by atoms with E-state index in [0.29, 0.717) is 11.0 Å². The molecule has 2 N–H and O–H groups in total. The number of urea groups is 1. The highest BCUT2D eigenvalue weighted by molar-refractivity contribution is 6.30. The predicted octanol–water partition coefficient (Wildman–Crippen LogP) is 3.64. The van der Waals surface area contributed by atoms with E-state index >= 15 is 0 Å². The highest BCUT2D eigenvalue weighted by Crippen LogP contribution is 2.22. The number of anilines is 1. The van der Waals surface area contributed by atoms with E-state index in [4.69, 9.17) is 16.3 Å². The molecule has 1 fully saturated rings. The van der Waals surface area contributed by atoms with Crippen molar-refractivity contribution in [3.05, 3.63) is 47.7 Å². The number of para-hydroxylation sites is 1. The van der Waals surface area contributed by atoms with Crippen molar-refractivity contribution in [1.29, 1.82) is 0 Å². The van der Waals surface area contributed by atoms with Gasteiger partial charge in [-0.25, -0.2) is 14.8 Å². The van der Waals surface area contributed by atoms with Crippen molar-refractivity contribution >= 4 is 23.3 Å². The van der Waals surface area contributed by atoms with E-state index in [-0.39, 0.29) is 18.2 Å². The van der Waals surface area contributed by atoms with Crippen LogP contribution in [0.3, 0.4) is 0 Å². The number of aromatic nitrogens is 2. The van der Waals surface area contributed by atoms with E-state index in [1.54, 1.807) is 0 Å². The van der Waals surface area contributed by atoms with Gasteiger partial charge in [-0.3, -0.25) is 0 Å². The summed E-state index contributed by atoms with van der Waals surface area (Å²) in [7, 11) is 0. The van der Waals surface area contributed by atoms with E-state index in [0.717, 1.165) is 31.4 Å². The lowest BCUT2D eigenvalue weighted by Gasteiger charge is -2.28. The molecule has 1 aliphatic carbocycles. The summed E-state index contributed by atoms with van der Waals surface area (Å²) >= 11 is 5.75. The number of nitrogens with one attached hydrogen (secondary N) is 2. The molecule has 0 radical (unpaired) electrons. The molecule has 1 saturated carbocycles. The lowest BCUT2D eigenvalue weighted by atomic mass is 9.93. The Hall–Kier alpha value is -2.34. The maximum atomic E-state index is 12.0. The van der Waals surface area contributed by atoms with Gasteiger partial charge in [0, 0.05) is 11.7 Å². The van der Waals surface area contributed by atoms with Gasteiger partial charge < -0.3 is 15.4 Å². The average molecular weight is 347 g/mol. The molecule has 0 saturated heterocycles. The van der Waals surface area contributed by atoms with Crippen LogP contribution in [0.25, 0.3) is 0 Å². The van der Waals surface area contributed by atoms with E-state index in [1.165, 1.54) is 12.4 Å². The van der Waals surface area contributed by atoms with Gasteiger partial charge in [0.2, 0.25) is 0 Å². The van der Waals surface area contributed by atoms with Crippen molar-refractivity contribution in [3.63, 3.8) is 0 Å². The van der Waals surface area contributed by atoms with Gasteiger partial charge in [-0.1, -0.05) is 29.8 Å². The third kappa shape index (κ3) is 4.83. The topological polar surface area (TPSA) is 76.1 Å². The minimum absolute atomic E-state index is 0.0708. The number of ether oxygens (including phenoxy) is 1. The van der Waals surface area contributed by atoms with Crippen molar-refractivity contribution in [2.45, 2.75) is 37.8 Å². The number of carbonyl (C=O) groups is 1. The zero-order valence-electron chi connectivity index (χ0n) is 13.1. The van der Waals surface area contributed by atoms with Crippen molar-refractivity contribution in [3.8, 4) is 6.01 Å². The number of halogens is 1. The third-order valence-electron chi connectivity index (χ3n) is 3.91. The van der Waals surface area contributed by atoms with Crippen LogP contribution in [0.5, 0.6) is 6.01 Å². The summed E-state index contributed by atoms with van der Waals surface area (Å²) in [4.78, 5) is 20.1. The lowest BCUT2D eigenvalue weighted by Crippen LogP contribution is -2.41. The van der Waals surface area contributed by atoms with Gasteiger partial charge in [-0.2, -0.15) is 0 Å². The molecule has 126 valence electrons. The van der Waals surface area contributed by atoms with Crippen LogP contribution in [0.2, 0.25) is 5.02 Å². The van der Waals surface area contributed by atoms with Crippen LogP contribution in [0, 0.1) is 0 Å². The molecular formula is C17H19ClN4O2. The van der Waals surface area contributed by atoms with Crippen molar-refractivity contribution in [2.24, 2.45) is 0 Å². The zero-order chi connectivity index (χ0) is 16.8. The Morgan fingerprint density at radius 1 is 1.08 bits per heavy atom. The molecule has 3 rings (SSSR count). The summed E-state index contributed by atoms with van der Waals surface area (Å²) < 4.78 is 5.75. The van der Waals surface area contributed by atoms with Crippen LogP contribution in [0.4, 0.5) is 10.5 Å². The molecule has 1 heterocycles. The standard InChI is InChI=1S/C17H19ClN4O2/c18-12-10-19-17(20-11-12)24-15-8-6-14(7-9-15)22-16(23)21-13-4-2-1-3-5-13/h1-5,10-11,14-15H,6-9H2,(H2,21,22,23). The maximum absolute atomic E-state index is 12.0. The quantitative estimate of drug-likeness (QED) is 0.886. The molecule has 0 aliphatic heterocycles. The first kappa shape index (κ1) is 16.5. The molecule has 1 aromatic carbocycles. The average Bonchev–Trinajstić information content (AvgIpc) is 2.59. The highest BCUT2D eigenvalue weighted by atomic mass is 35.5. The van der Waals surface area contributed by atoms with Gasteiger partial charge in [0.15, 0.2) is 0 Å². The Morgan fingerprint density at radius 2 is 1.75 bits per heavy atom. The van der Waals surface area contributed by atoms with Crippen LogP contribution < -0.4 is 15.4 Å². The van der Waals surface area contributed by atoms with Crippen LogP contribution in [0.15, 0.2) is 42.7 Å². The van der Waals surface area contributed by atoms with Gasteiger partial charge in [0.25, 0.3) is 0 Å². The van der Waals surface area contributed by atoms with Crippen molar-refractivity contribution in [1.82, 2.24) is 15.3 Å². The zero-order valence-corrected chi connectivity index (χ0v) is 13.9. The van der Waals surface area contributed by atoms with E-state index < -0.39 is 0 Å². The fourth-order valence-electron chi connectivity index (χ4n) is 2.71. The highest BCUT2D eigenvalue weighted by Gasteiger charge is 2.24. The lowest BCUT2D eigenvalue weighted by molar-refractivity contribution is 0.129. The Morgan fingerprint density at radius 3 is 2.42 bits per heavy atom. The largest absolute Gasteiger partial charge is 0.460 e. The minimum atomic E-state index is -0.174. The first-order valence-electron chi connectivity index (χ1n) is 7.96. The fraction of sp³-hybridized carbons (Fsp3) is 0.353. The molecule has 0 atom stereocenters. The fourth-order valence-corrected chi connectivity index (χ4v) is 2.81. The van der Waals surface area contributed by atoms with Crippen LogP contribution in [0.1, 0.15) is 25.7 Å². The molecule has 0 bridgehead atoms. The summed E-state index contributed by atoms with van der Waals surface area (Å²) in [5.74, 6) is 0. The molecule has 1 aliphatic rings. The molecule has 0 unspecified atom stereocenters. The normalized spacial score (nSPS) is 20.2. The number of hydrogen-bond donors (Lipinski definition) is 2. The first-order chi connectivity index (χ1) is 11.7. The van der Waals surface area contributed by atoms with E-state index in [1.807, 2.05) is 30.3 Å². The number of nitrogens with zero attached hydrogens (tertiary/aromatic N) is 2. The molecule has 0 spiro atoms. The second kappa shape index (κ2) is 7.97. The van der Waals surface area contributed by atoms with E-state index in [2.05, 4.69) is 20.6 Å². The Labute approximate surface area is 145 Å². The minimum Gasteiger partial charge on any atom is -0.460 e. The predicted molar refractivity (Wildman–Crippen MR) is 92.3 cm³/mol. The Kier molecular flexibility index (Phi) is 5.48. The Balaban J connectivity index is 1.41. The number of rotatable bonds is 4. The number of hydrogen-bond acceptors (Lipinski definition) is 4. The summed E-state index contributed by atoms with van der Waals surface area (Å²) in [5.41, 5.74) is 0.784. The van der Waals surface area contributed by atoms with Gasteiger partial charge in [-0.05, 0) is 37.8 Å². The SMILES string of the molecule is O=C(Nc1ccccc1)NC1CCC(Oc2ncc(Cl)cn2)CC1. The van der Waals surface area contributed by atoms with Crippen LogP contribution in [-0.2, 0) is 0 Å². The molecule has 7 heteroatoms. The summed E-state index contributed by atoms with van der Waals surface area (Å²) in [6.45, 7) is 0. The molecule has 6 nitrogen and oxygen atoms in total.